The summed E-state index contributed by atoms with van der Waals surface area (Å²) in [4.78, 5) is 2.69. The van der Waals surface area contributed by atoms with Gasteiger partial charge in [0.15, 0.2) is 0 Å². The Morgan fingerprint density at radius 2 is 2.00 bits per heavy atom. The molecule has 0 amide bonds. The Hall–Kier alpha value is -0.120. The number of hydrogen-bond donors (Lipinski definition) is 1. The second-order valence-corrected chi connectivity index (χ2v) is 5.70. The number of nitrogens with zero attached hydrogens (tertiary/aromatic N) is 1. The van der Waals surface area contributed by atoms with Crippen molar-refractivity contribution in [2.45, 2.75) is 51.1 Å². The van der Waals surface area contributed by atoms with Crippen molar-refractivity contribution in [3.05, 3.63) is 0 Å². The third kappa shape index (κ3) is 2.83. The van der Waals surface area contributed by atoms with E-state index in [0.717, 1.165) is 31.7 Å². The van der Waals surface area contributed by atoms with Crippen LogP contribution in [0.1, 0.15) is 39.5 Å². The summed E-state index contributed by atoms with van der Waals surface area (Å²) in [6.45, 7) is 8.97. The van der Waals surface area contributed by atoms with E-state index in [1.54, 1.807) is 7.11 Å². The molecule has 3 nitrogen and oxygen atoms in total. The van der Waals surface area contributed by atoms with Crippen LogP contribution < -0.4 is 5.32 Å². The second kappa shape index (κ2) is 5.68. The first-order valence-electron chi connectivity index (χ1n) is 7.23. The third-order valence-corrected chi connectivity index (χ3v) is 4.85. The average Bonchev–Trinajstić information content (AvgIpc) is 3.20. The predicted molar refractivity (Wildman–Crippen MR) is 71.3 cm³/mol. The molecule has 0 aromatic rings. The van der Waals surface area contributed by atoms with Gasteiger partial charge in [-0.3, -0.25) is 4.90 Å². The van der Waals surface area contributed by atoms with Gasteiger partial charge in [0, 0.05) is 38.3 Å². The van der Waals surface area contributed by atoms with Gasteiger partial charge in [-0.05, 0) is 31.6 Å². The van der Waals surface area contributed by atoms with E-state index in [1.807, 2.05) is 0 Å². The van der Waals surface area contributed by atoms with Crippen molar-refractivity contribution in [3.63, 3.8) is 0 Å². The number of nitrogens with one attached hydrogen (secondary N) is 1. The van der Waals surface area contributed by atoms with E-state index < -0.39 is 0 Å². The van der Waals surface area contributed by atoms with Crippen molar-refractivity contribution in [2.75, 3.05) is 33.4 Å². The molecule has 17 heavy (non-hydrogen) atoms. The Balaban J connectivity index is 1.99. The molecule has 2 rings (SSSR count). The zero-order valence-corrected chi connectivity index (χ0v) is 11.7. The molecule has 1 aliphatic carbocycles. The second-order valence-electron chi connectivity index (χ2n) is 5.70. The van der Waals surface area contributed by atoms with Gasteiger partial charge in [-0.15, -0.1) is 0 Å². The molecule has 3 heteroatoms. The molecule has 0 spiro atoms. The maximum absolute atomic E-state index is 5.28. The summed E-state index contributed by atoms with van der Waals surface area (Å²) in [7, 11) is 1.81. The van der Waals surface area contributed by atoms with Gasteiger partial charge in [0.2, 0.25) is 0 Å². The van der Waals surface area contributed by atoms with E-state index in [0.29, 0.717) is 5.54 Å². The zero-order valence-electron chi connectivity index (χ0n) is 11.7. The molecule has 0 bridgehead atoms. The van der Waals surface area contributed by atoms with E-state index in [4.69, 9.17) is 4.74 Å². The zero-order chi connectivity index (χ0) is 12.3. The lowest BCUT2D eigenvalue weighted by atomic mass is 9.86. The summed E-state index contributed by atoms with van der Waals surface area (Å²) in [6, 6.07) is 0.734. The smallest absolute Gasteiger partial charge is 0.0589 e. The monoisotopic (exact) mass is 240 g/mol. The predicted octanol–water partition coefficient (Wildman–Crippen LogP) is 1.88. The average molecular weight is 240 g/mol. The molecule has 1 unspecified atom stereocenters. The van der Waals surface area contributed by atoms with Crippen molar-refractivity contribution in [1.82, 2.24) is 10.2 Å². The number of hydrogen-bond acceptors (Lipinski definition) is 3. The van der Waals surface area contributed by atoms with Gasteiger partial charge in [0.25, 0.3) is 0 Å². The largest absolute Gasteiger partial charge is 0.383 e. The van der Waals surface area contributed by atoms with Gasteiger partial charge >= 0.3 is 0 Å². The highest BCUT2D eigenvalue weighted by molar-refractivity contribution is 5.01. The Labute approximate surface area is 106 Å². The SMILES string of the molecule is CCC1(CC)CNC(C2CC2)CN1CCOC. The number of piperazine rings is 1. The summed E-state index contributed by atoms with van der Waals surface area (Å²) < 4.78 is 5.28. The van der Waals surface area contributed by atoms with Crippen LogP contribution in [0.15, 0.2) is 0 Å². The number of ether oxygens (including phenoxy) is 1. The van der Waals surface area contributed by atoms with E-state index in [-0.39, 0.29) is 0 Å². The van der Waals surface area contributed by atoms with Crippen molar-refractivity contribution >= 4 is 0 Å². The van der Waals surface area contributed by atoms with E-state index >= 15 is 0 Å². The van der Waals surface area contributed by atoms with Gasteiger partial charge < -0.3 is 10.1 Å². The van der Waals surface area contributed by atoms with E-state index in [1.165, 1.54) is 32.2 Å². The van der Waals surface area contributed by atoms with E-state index in [2.05, 4.69) is 24.1 Å². The molecule has 0 radical (unpaired) electrons. The lowest BCUT2D eigenvalue weighted by Gasteiger charge is -2.50. The van der Waals surface area contributed by atoms with Crippen molar-refractivity contribution in [3.8, 4) is 0 Å². The first kappa shape index (κ1) is 13.3. The highest BCUT2D eigenvalue weighted by Crippen LogP contribution is 2.37. The first-order valence-corrected chi connectivity index (χ1v) is 7.23. The highest BCUT2D eigenvalue weighted by Gasteiger charge is 2.42. The van der Waals surface area contributed by atoms with Gasteiger partial charge in [-0.25, -0.2) is 0 Å². The fourth-order valence-corrected chi connectivity index (χ4v) is 3.22. The van der Waals surface area contributed by atoms with Crippen LogP contribution in [-0.4, -0.2) is 49.8 Å². The number of methoxy groups -OCH3 is 1. The molecule has 1 heterocycles. The molecule has 2 fully saturated rings. The van der Waals surface area contributed by atoms with Crippen molar-refractivity contribution < 1.29 is 4.74 Å². The van der Waals surface area contributed by atoms with Crippen LogP contribution in [0, 0.1) is 5.92 Å². The Morgan fingerprint density at radius 1 is 1.29 bits per heavy atom. The topological polar surface area (TPSA) is 24.5 Å². The fourth-order valence-electron chi connectivity index (χ4n) is 3.22. The van der Waals surface area contributed by atoms with Gasteiger partial charge in [0.1, 0.15) is 0 Å². The maximum Gasteiger partial charge on any atom is 0.0589 e. The van der Waals surface area contributed by atoms with Gasteiger partial charge in [-0.2, -0.15) is 0 Å². The molecule has 1 atom stereocenters. The fraction of sp³-hybridized carbons (Fsp3) is 1.00. The summed E-state index contributed by atoms with van der Waals surface area (Å²) in [5.74, 6) is 0.951. The van der Waals surface area contributed by atoms with Crippen LogP contribution in [0.3, 0.4) is 0 Å². The van der Waals surface area contributed by atoms with Crippen LogP contribution in [0.4, 0.5) is 0 Å². The molecule has 0 aromatic heterocycles. The Morgan fingerprint density at radius 3 is 2.53 bits per heavy atom. The molecular formula is C14H28N2O. The molecule has 1 saturated heterocycles. The molecular weight excluding hydrogens is 212 g/mol. The van der Waals surface area contributed by atoms with Crippen LogP contribution in [-0.2, 0) is 4.74 Å². The van der Waals surface area contributed by atoms with Crippen molar-refractivity contribution in [1.29, 1.82) is 0 Å². The lowest BCUT2D eigenvalue weighted by molar-refractivity contribution is 0.00886. The minimum absolute atomic E-state index is 0.365. The van der Waals surface area contributed by atoms with Crippen molar-refractivity contribution in [2.24, 2.45) is 5.92 Å². The Kier molecular flexibility index (Phi) is 4.45. The quantitative estimate of drug-likeness (QED) is 0.767. The summed E-state index contributed by atoms with van der Waals surface area (Å²) in [5.41, 5.74) is 0.365. The Bertz CT molecular complexity index is 236. The minimum atomic E-state index is 0.365. The van der Waals surface area contributed by atoms with Crippen LogP contribution in [0.2, 0.25) is 0 Å². The van der Waals surface area contributed by atoms with Crippen LogP contribution >= 0.6 is 0 Å². The third-order valence-electron chi connectivity index (χ3n) is 4.85. The minimum Gasteiger partial charge on any atom is -0.383 e. The molecule has 100 valence electrons. The summed E-state index contributed by atoms with van der Waals surface area (Å²) >= 11 is 0. The molecule has 1 N–H and O–H groups in total. The first-order chi connectivity index (χ1) is 8.25. The van der Waals surface area contributed by atoms with Crippen LogP contribution in [0.25, 0.3) is 0 Å². The standard InChI is InChI=1S/C14H28N2O/c1-4-14(5-2)11-15-13(12-6-7-12)10-16(14)8-9-17-3/h12-13,15H,4-11H2,1-3H3. The normalized spacial score (nSPS) is 29.5. The maximum atomic E-state index is 5.28. The molecule has 2 aliphatic rings. The number of rotatable bonds is 6. The molecule has 0 aromatic carbocycles. The lowest BCUT2D eigenvalue weighted by Crippen LogP contribution is -2.65. The van der Waals surface area contributed by atoms with Gasteiger partial charge in [0.05, 0.1) is 6.61 Å². The van der Waals surface area contributed by atoms with E-state index in [9.17, 15) is 0 Å². The summed E-state index contributed by atoms with van der Waals surface area (Å²) in [5, 5.41) is 3.80. The molecule has 1 saturated carbocycles. The highest BCUT2D eigenvalue weighted by atomic mass is 16.5. The van der Waals surface area contributed by atoms with Gasteiger partial charge in [-0.1, -0.05) is 13.8 Å². The van der Waals surface area contributed by atoms with Crippen LogP contribution in [0.5, 0.6) is 0 Å². The summed E-state index contributed by atoms with van der Waals surface area (Å²) in [6.07, 6.45) is 5.33. The molecule has 1 aliphatic heterocycles.